The van der Waals surface area contributed by atoms with Crippen LogP contribution < -0.4 is 20.1 Å². The van der Waals surface area contributed by atoms with Gasteiger partial charge in [-0.15, -0.1) is 0 Å². The zero-order valence-electron chi connectivity index (χ0n) is 12.8. The first-order valence-electron chi connectivity index (χ1n) is 7.53. The number of aromatic nitrogens is 2. The van der Waals surface area contributed by atoms with E-state index in [9.17, 15) is 4.79 Å². The normalized spacial score (nSPS) is 12.0. The number of hydrogen-bond donors (Lipinski definition) is 2. The fourth-order valence-electron chi connectivity index (χ4n) is 2.10. The number of anilines is 2. The highest BCUT2D eigenvalue weighted by Gasteiger charge is 2.15. The number of unbranched alkanes of at least 4 members (excludes halogenated alkanes) is 1. The van der Waals surface area contributed by atoms with Gasteiger partial charge in [-0.25, -0.2) is 9.97 Å². The van der Waals surface area contributed by atoms with Crippen molar-refractivity contribution < 1.29 is 14.3 Å². The Bertz CT molecular complexity index is 688. The van der Waals surface area contributed by atoms with E-state index in [2.05, 4.69) is 27.5 Å². The molecule has 0 atom stereocenters. The molecule has 1 aliphatic rings. The first-order chi connectivity index (χ1) is 11.3. The number of carbonyl (C=O) groups excluding carboxylic acids is 1. The summed E-state index contributed by atoms with van der Waals surface area (Å²) >= 11 is 0. The number of hydrogen-bond acceptors (Lipinski definition) is 6. The molecule has 1 aromatic carbocycles. The number of rotatable bonds is 6. The SMILES string of the molecule is CCCCNc1cnc(C(=O)Nc2ccc3c(c2)OCO3)cn1. The minimum atomic E-state index is -0.323. The Morgan fingerprint density at radius 2 is 2.09 bits per heavy atom. The molecule has 0 radical (unpaired) electrons. The molecule has 0 unspecified atom stereocenters. The van der Waals surface area contributed by atoms with Crippen LogP contribution in [-0.2, 0) is 0 Å². The van der Waals surface area contributed by atoms with Crippen molar-refractivity contribution in [2.75, 3.05) is 24.0 Å². The molecule has 0 saturated heterocycles. The van der Waals surface area contributed by atoms with Gasteiger partial charge in [-0.2, -0.15) is 0 Å². The van der Waals surface area contributed by atoms with E-state index in [4.69, 9.17) is 9.47 Å². The maximum absolute atomic E-state index is 12.2. The minimum Gasteiger partial charge on any atom is -0.454 e. The Hall–Kier alpha value is -2.83. The van der Waals surface area contributed by atoms with Gasteiger partial charge >= 0.3 is 0 Å². The molecular weight excluding hydrogens is 296 g/mol. The summed E-state index contributed by atoms with van der Waals surface area (Å²) in [6.07, 6.45) is 5.19. The van der Waals surface area contributed by atoms with Crippen LogP contribution in [0.1, 0.15) is 30.3 Å². The highest BCUT2D eigenvalue weighted by molar-refractivity contribution is 6.02. The van der Waals surface area contributed by atoms with Gasteiger partial charge in [0.15, 0.2) is 11.5 Å². The number of nitrogens with zero attached hydrogens (tertiary/aromatic N) is 2. The van der Waals surface area contributed by atoms with Crippen LogP contribution in [0.15, 0.2) is 30.6 Å². The number of ether oxygens (including phenoxy) is 2. The van der Waals surface area contributed by atoms with Gasteiger partial charge in [0.2, 0.25) is 6.79 Å². The van der Waals surface area contributed by atoms with Crippen molar-refractivity contribution in [3.05, 3.63) is 36.3 Å². The molecule has 2 aromatic rings. The smallest absolute Gasteiger partial charge is 0.275 e. The third kappa shape index (κ3) is 3.68. The summed E-state index contributed by atoms with van der Waals surface area (Å²) in [5, 5.41) is 5.92. The lowest BCUT2D eigenvalue weighted by Gasteiger charge is -2.07. The average Bonchev–Trinajstić information content (AvgIpc) is 3.03. The van der Waals surface area contributed by atoms with Crippen molar-refractivity contribution >= 4 is 17.4 Å². The topological polar surface area (TPSA) is 85.4 Å². The lowest BCUT2D eigenvalue weighted by molar-refractivity contribution is 0.102. The van der Waals surface area contributed by atoms with Gasteiger partial charge in [-0.3, -0.25) is 4.79 Å². The lowest BCUT2D eigenvalue weighted by Crippen LogP contribution is -2.14. The number of carbonyl (C=O) groups is 1. The molecular formula is C16H18N4O3. The van der Waals surface area contributed by atoms with Gasteiger partial charge in [0, 0.05) is 18.3 Å². The van der Waals surface area contributed by atoms with Gasteiger partial charge < -0.3 is 20.1 Å². The van der Waals surface area contributed by atoms with Gasteiger partial charge in [0.1, 0.15) is 11.5 Å². The Kier molecular flexibility index (Phi) is 4.56. The molecule has 2 heterocycles. The molecule has 1 aromatic heterocycles. The second-order valence-corrected chi connectivity index (χ2v) is 5.09. The van der Waals surface area contributed by atoms with E-state index in [0.717, 1.165) is 19.4 Å². The van der Waals surface area contributed by atoms with Crippen LogP contribution in [0.4, 0.5) is 11.5 Å². The largest absolute Gasteiger partial charge is 0.454 e. The van der Waals surface area contributed by atoms with Crippen LogP contribution in [-0.4, -0.2) is 29.2 Å². The van der Waals surface area contributed by atoms with Crippen molar-refractivity contribution in [1.82, 2.24) is 9.97 Å². The summed E-state index contributed by atoms with van der Waals surface area (Å²) in [7, 11) is 0. The molecule has 120 valence electrons. The maximum atomic E-state index is 12.2. The van der Waals surface area contributed by atoms with Crippen molar-refractivity contribution in [1.29, 1.82) is 0 Å². The van der Waals surface area contributed by atoms with Crippen molar-refractivity contribution in [3.8, 4) is 11.5 Å². The average molecular weight is 314 g/mol. The Labute approximate surface area is 134 Å². The molecule has 23 heavy (non-hydrogen) atoms. The van der Waals surface area contributed by atoms with Crippen LogP contribution in [0.3, 0.4) is 0 Å². The summed E-state index contributed by atoms with van der Waals surface area (Å²) in [5.41, 5.74) is 0.870. The summed E-state index contributed by atoms with van der Waals surface area (Å²) in [4.78, 5) is 20.5. The molecule has 2 N–H and O–H groups in total. The van der Waals surface area contributed by atoms with Crippen molar-refractivity contribution in [2.45, 2.75) is 19.8 Å². The molecule has 1 amide bonds. The molecule has 0 saturated carbocycles. The minimum absolute atomic E-state index is 0.199. The van der Waals surface area contributed by atoms with E-state index in [-0.39, 0.29) is 18.4 Å². The van der Waals surface area contributed by atoms with E-state index < -0.39 is 0 Å². The predicted octanol–water partition coefficient (Wildman–Crippen LogP) is 2.67. The van der Waals surface area contributed by atoms with E-state index in [1.807, 2.05) is 0 Å². The van der Waals surface area contributed by atoms with Crippen LogP contribution in [0.25, 0.3) is 0 Å². The molecule has 7 heteroatoms. The van der Waals surface area contributed by atoms with Crippen LogP contribution in [0, 0.1) is 0 Å². The number of nitrogens with one attached hydrogen (secondary N) is 2. The zero-order valence-corrected chi connectivity index (χ0v) is 12.8. The molecule has 0 aliphatic carbocycles. The molecule has 0 bridgehead atoms. The number of benzene rings is 1. The monoisotopic (exact) mass is 314 g/mol. The summed E-state index contributed by atoms with van der Waals surface area (Å²) in [6, 6.07) is 5.22. The van der Waals surface area contributed by atoms with Crippen LogP contribution >= 0.6 is 0 Å². The lowest BCUT2D eigenvalue weighted by atomic mass is 10.2. The molecule has 0 spiro atoms. The predicted molar refractivity (Wildman–Crippen MR) is 85.9 cm³/mol. The molecule has 0 fully saturated rings. The third-order valence-corrected chi connectivity index (χ3v) is 3.35. The number of fused-ring (bicyclic) bond motifs is 1. The molecule has 7 nitrogen and oxygen atoms in total. The quantitative estimate of drug-likeness (QED) is 0.797. The fourth-order valence-corrected chi connectivity index (χ4v) is 2.10. The Morgan fingerprint density at radius 1 is 1.22 bits per heavy atom. The Balaban J connectivity index is 1.61. The van der Waals surface area contributed by atoms with Crippen molar-refractivity contribution in [3.63, 3.8) is 0 Å². The highest BCUT2D eigenvalue weighted by atomic mass is 16.7. The zero-order chi connectivity index (χ0) is 16.1. The van der Waals surface area contributed by atoms with Gasteiger partial charge in [-0.05, 0) is 18.6 Å². The van der Waals surface area contributed by atoms with Crippen molar-refractivity contribution in [2.24, 2.45) is 0 Å². The van der Waals surface area contributed by atoms with Gasteiger partial charge in [0.25, 0.3) is 5.91 Å². The van der Waals surface area contributed by atoms with Gasteiger partial charge in [0.05, 0.1) is 12.4 Å². The Morgan fingerprint density at radius 3 is 2.87 bits per heavy atom. The summed E-state index contributed by atoms with van der Waals surface area (Å²) in [6.45, 7) is 3.16. The second kappa shape index (κ2) is 6.95. The highest BCUT2D eigenvalue weighted by Crippen LogP contribution is 2.34. The first kappa shape index (κ1) is 15.1. The van der Waals surface area contributed by atoms with Crippen LogP contribution in [0.2, 0.25) is 0 Å². The standard InChI is InChI=1S/C16H18N4O3/c1-2-3-6-17-15-9-18-12(8-19-15)16(21)20-11-4-5-13-14(7-11)23-10-22-13/h4-5,7-9H,2-3,6,10H2,1H3,(H,17,19)(H,20,21). The summed E-state index contributed by atoms with van der Waals surface area (Å²) in [5.74, 6) is 1.63. The number of amides is 1. The molecule has 3 rings (SSSR count). The third-order valence-electron chi connectivity index (χ3n) is 3.35. The van der Waals surface area contributed by atoms with E-state index in [1.165, 1.54) is 6.20 Å². The summed E-state index contributed by atoms with van der Waals surface area (Å²) < 4.78 is 10.5. The van der Waals surface area contributed by atoms with Gasteiger partial charge in [-0.1, -0.05) is 13.3 Å². The van der Waals surface area contributed by atoms with Crippen LogP contribution in [0.5, 0.6) is 11.5 Å². The first-order valence-corrected chi connectivity index (χ1v) is 7.53. The van der Waals surface area contributed by atoms with E-state index in [0.29, 0.717) is 23.0 Å². The van der Waals surface area contributed by atoms with E-state index in [1.54, 1.807) is 24.4 Å². The molecule has 1 aliphatic heterocycles. The van der Waals surface area contributed by atoms with E-state index >= 15 is 0 Å². The maximum Gasteiger partial charge on any atom is 0.275 e. The second-order valence-electron chi connectivity index (χ2n) is 5.09. The fraction of sp³-hybridized carbons (Fsp3) is 0.312.